The summed E-state index contributed by atoms with van der Waals surface area (Å²) in [5, 5.41) is 15.4. The molecule has 1 saturated heterocycles. The number of amides is 1. The van der Waals surface area contributed by atoms with E-state index in [9.17, 15) is 9.59 Å². The Labute approximate surface area is 115 Å². The minimum absolute atomic E-state index is 0.256. The average Bonchev–Trinajstić information content (AvgIpc) is 2.84. The normalized spacial score (nSPS) is 22.4. The van der Waals surface area contributed by atoms with E-state index >= 15 is 0 Å². The number of hydrogen-bond donors (Lipinski definition) is 2. The van der Waals surface area contributed by atoms with Gasteiger partial charge in [0.15, 0.2) is 0 Å². The second-order valence-corrected chi connectivity index (χ2v) is 4.59. The van der Waals surface area contributed by atoms with Crippen LogP contribution < -0.4 is 5.32 Å². The molecular weight excluding hydrogens is 266 g/mol. The van der Waals surface area contributed by atoms with Crippen LogP contribution in [0.2, 0.25) is 0 Å². The van der Waals surface area contributed by atoms with Gasteiger partial charge in [-0.05, 0) is 6.42 Å². The van der Waals surface area contributed by atoms with Gasteiger partial charge >= 0.3 is 5.97 Å². The molecule has 0 spiro atoms. The third kappa shape index (κ3) is 3.78. The Morgan fingerprint density at radius 3 is 3.10 bits per heavy atom. The van der Waals surface area contributed by atoms with Crippen molar-refractivity contribution in [2.45, 2.75) is 18.6 Å². The summed E-state index contributed by atoms with van der Waals surface area (Å²) in [6, 6.07) is -0.268. The molecule has 110 valence electrons. The van der Waals surface area contributed by atoms with E-state index < -0.39 is 18.7 Å². The lowest BCUT2D eigenvalue weighted by molar-refractivity contribution is -0.148. The number of carboxylic acid groups (broad SMARTS) is 1. The van der Waals surface area contributed by atoms with Gasteiger partial charge in [-0.25, -0.2) is 4.79 Å². The van der Waals surface area contributed by atoms with Crippen LogP contribution in [0.4, 0.5) is 0 Å². The number of carbonyl (C=O) groups is 2. The number of carboxylic acids is 1. The summed E-state index contributed by atoms with van der Waals surface area (Å²) in [7, 11) is 1.73. The quantitative estimate of drug-likeness (QED) is 0.748. The van der Waals surface area contributed by atoms with E-state index in [2.05, 4.69) is 10.4 Å². The molecular formula is C12H17N3O5. The third-order valence-corrected chi connectivity index (χ3v) is 3.01. The van der Waals surface area contributed by atoms with Crippen LogP contribution in [0.5, 0.6) is 0 Å². The number of ether oxygens (including phenoxy) is 2. The Bertz CT molecular complexity index is 487. The number of hydrogen-bond acceptors (Lipinski definition) is 5. The number of nitrogens with zero attached hydrogens (tertiary/aromatic N) is 2. The molecule has 0 aliphatic carbocycles. The number of rotatable bonds is 5. The molecule has 8 heteroatoms. The zero-order valence-corrected chi connectivity index (χ0v) is 11.1. The van der Waals surface area contributed by atoms with Gasteiger partial charge in [-0.1, -0.05) is 0 Å². The van der Waals surface area contributed by atoms with Crippen LogP contribution in [-0.4, -0.2) is 58.7 Å². The first kappa shape index (κ1) is 14.5. The molecule has 1 fully saturated rings. The molecule has 1 aromatic rings. The fraction of sp³-hybridized carbons (Fsp3) is 0.583. The molecule has 2 N–H and O–H groups in total. The average molecular weight is 283 g/mol. The summed E-state index contributed by atoms with van der Waals surface area (Å²) in [6.45, 7) is 0.365. The van der Waals surface area contributed by atoms with Crippen molar-refractivity contribution in [1.82, 2.24) is 15.1 Å². The van der Waals surface area contributed by atoms with Gasteiger partial charge in [0.1, 0.15) is 12.7 Å². The molecule has 1 aliphatic rings. The van der Waals surface area contributed by atoms with E-state index in [4.69, 9.17) is 14.6 Å². The monoisotopic (exact) mass is 283 g/mol. The van der Waals surface area contributed by atoms with Crippen molar-refractivity contribution >= 4 is 11.9 Å². The molecule has 0 radical (unpaired) electrons. The first-order valence-corrected chi connectivity index (χ1v) is 6.27. The van der Waals surface area contributed by atoms with Gasteiger partial charge in [0.2, 0.25) is 0 Å². The second kappa shape index (κ2) is 6.49. The highest BCUT2D eigenvalue weighted by Gasteiger charge is 2.29. The molecule has 2 heterocycles. The van der Waals surface area contributed by atoms with Crippen molar-refractivity contribution in [2.75, 3.05) is 19.8 Å². The fourth-order valence-electron chi connectivity index (χ4n) is 2.01. The summed E-state index contributed by atoms with van der Waals surface area (Å²) >= 11 is 0. The first-order chi connectivity index (χ1) is 9.56. The van der Waals surface area contributed by atoms with Crippen molar-refractivity contribution < 1.29 is 24.2 Å². The minimum Gasteiger partial charge on any atom is -0.480 e. The van der Waals surface area contributed by atoms with Crippen LogP contribution in [0, 0.1) is 0 Å². The number of carbonyl (C=O) groups excluding carboxylic acids is 1. The van der Waals surface area contributed by atoms with E-state index in [0.717, 1.165) is 0 Å². The van der Waals surface area contributed by atoms with Crippen molar-refractivity contribution in [3.8, 4) is 0 Å². The Balaban J connectivity index is 1.94. The maximum Gasteiger partial charge on any atom is 0.329 e. The highest BCUT2D eigenvalue weighted by molar-refractivity contribution is 5.93. The molecule has 0 saturated carbocycles. The standard InChI is InChI=1S/C12H17N3O5/c1-15-5-8(4-13-15)12(18)14-9-2-3-19-6-10(9)20-7-11(16)17/h4-5,9-10H,2-3,6-7H2,1H3,(H,14,18)(H,16,17)/t9-,10-/m1/s1. The van der Waals surface area contributed by atoms with E-state index in [0.29, 0.717) is 18.6 Å². The SMILES string of the molecule is Cn1cc(C(=O)N[C@@H]2CCOC[C@H]2OCC(=O)O)cn1. The molecule has 2 atom stereocenters. The fourth-order valence-corrected chi connectivity index (χ4v) is 2.01. The van der Waals surface area contributed by atoms with Gasteiger partial charge in [0, 0.05) is 19.9 Å². The lowest BCUT2D eigenvalue weighted by Gasteiger charge is -2.31. The highest BCUT2D eigenvalue weighted by Crippen LogP contribution is 2.12. The van der Waals surface area contributed by atoms with Crippen LogP contribution in [0.3, 0.4) is 0 Å². The zero-order chi connectivity index (χ0) is 14.5. The van der Waals surface area contributed by atoms with Crippen LogP contribution in [0.15, 0.2) is 12.4 Å². The maximum absolute atomic E-state index is 12.0. The first-order valence-electron chi connectivity index (χ1n) is 6.27. The minimum atomic E-state index is -1.05. The Hall–Kier alpha value is -1.93. The number of nitrogens with one attached hydrogen (secondary N) is 1. The predicted octanol–water partition coefficient (Wildman–Crippen LogP) is -0.591. The molecule has 1 aromatic heterocycles. The lowest BCUT2D eigenvalue weighted by Crippen LogP contribution is -2.50. The van der Waals surface area contributed by atoms with Gasteiger partial charge in [0.25, 0.3) is 5.91 Å². The van der Waals surface area contributed by atoms with Gasteiger partial charge in [-0.2, -0.15) is 5.10 Å². The molecule has 0 unspecified atom stereocenters. The number of aliphatic carboxylic acids is 1. The van der Waals surface area contributed by atoms with Crippen molar-refractivity contribution in [3.05, 3.63) is 18.0 Å². The van der Waals surface area contributed by atoms with E-state index in [1.807, 2.05) is 0 Å². The Morgan fingerprint density at radius 1 is 1.65 bits per heavy atom. The summed E-state index contributed by atoms with van der Waals surface area (Å²) < 4.78 is 12.0. The van der Waals surface area contributed by atoms with Crippen molar-refractivity contribution in [1.29, 1.82) is 0 Å². The predicted molar refractivity (Wildman–Crippen MR) is 67.3 cm³/mol. The smallest absolute Gasteiger partial charge is 0.329 e. The van der Waals surface area contributed by atoms with Gasteiger partial charge in [0.05, 0.1) is 24.4 Å². The van der Waals surface area contributed by atoms with Crippen LogP contribution in [0.1, 0.15) is 16.8 Å². The van der Waals surface area contributed by atoms with E-state index in [-0.39, 0.29) is 18.6 Å². The van der Waals surface area contributed by atoms with Crippen LogP contribution in [-0.2, 0) is 21.3 Å². The zero-order valence-electron chi connectivity index (χ0n) is 11.1. The number of aromatic nitrogens is 2. The molecule has 20 heavy (non-hydrogen) atoms. The summed E-state index contributed by atoms with van der Waals surface area (Å²) in [5.41, 5.74) is 0.455. The lowest BCUT2D eigenvalue weighted by atomic mass is 10.1. The van der Waals surface area contributed by atoms with Gasteiger partial charge in [-0.3, -0.25) is 9.48 Å². The topological polar surface area (TPSA) is 103 Å². The van der Waals surface area contributed by atoms with E-state index in [1.54, 1.807) is 13.2 Å². The Morgan fingerprint density at radius 2 is 2.45 bits per heavy atom. The van der Waals surface area contributed by atoms with Crippen molar-refractivity contribution in [3.63, 3.8) is 0 Å². The molecule has 1 aliphatic heterocycles. The molecule has 2 rings (SSSR count). The summed E-state index contributed by atoms with van der Waals surface area (Å²) in [5.74, 6) is -1.30. The Kier molecular flexibility index (Phi) is 4.70. The number of aryl methyl sites for hydroxylation is 1. The van der Waals surface area contributed by atoms with Crippen molar-refractivity contribution in [2.24, 2.45) is 7.05 Å². The summed E-state index contributed by atoms with van der Waals surface area (Å²) in [6.07, 6.45) is 3.21. The van der Waals surface area contributed by atoms with Gasteiger partial charge < -0.3 is 19.9 Å². The largest absolute Gasteiger partial charge is 0.480 e. The second-order valence-electron chi connectivity index (χ2n) is 4.59. The molecule has 1 amide bonds. The molecule has 8 nitrogen and oxygen atoms in total. The molecule has 0 bridgehead atoms. The maximum atomic E-state index is 12.0. The molecule has 0 aromatic carbocycles. The van der Waals surface area contributed by atoms with Gasteiger partial charge in [-0.15, -0.1) is 0 Å². The summed E-state index contributed by atoms with van der Waals surface area (Å²) in [4.78, 5) is 22.6. The van der Waals surface area contributed by atoms with Crippen LogP contribution >= 0.6 is 0 Å². The third-order valence-electron chi connectivity index (χ3n) is 3.01. The highest BCUT2D eigenvalue weighted by atomic mass is 16.5. The van der Waals surface area contributed by atoms with E-state index in [1.165, 1.54) is 10.9 Å². The van der Waals surface area contributed by atoms with Crippen LogP contribution in [0.25, 0.3) is 0 Å².